The second kappa shape index (κ2) is 6.61. The minimum Gasteiger partial charge on any atom is -0.374 e. The maximum absolute atomic E-state index is 12.0. The van der Waals surface area contributed by atoms with Crippen molar-refractivity contribution in [2.75, 3.05) is 12.3 Å². The highest BCUT2D eigenvalue weighted by atomic mass is 79.9. The SMILES string of the molecule is Nc1nnc(CCCNS(=O)(=O)c2ccc(Br)cc2)s1. The molecule has 0 radical (unpaired) electrons. The van der Waals surface area contributed by atoms with Crippen LogP contribution in [0.5, 0.6) is 0 Å². The molecule has 0 saturated carbocycles. The van der Waals surface area contributed by atoms with Gasteiger partial charge in [0.2, 0.25) is 15.2 Å². The van der Waals surface area contributed by atoms with E-state index in [9.17, 15) is 8.42 Å². The van der Waals surface area contributed by atoms with Gasteiger partial charge in [0.15, 0.2) is 0 Å². The number of nitrogens with one attached hydrogen (secondary N) is 1. The zero-order chi connectivity index (χ0) is 14.6. The molecular weight excluding hydrogens is 364 g/mol. The van der Waals surface area contributed by atoms with Gasteiger partial charge in [-0.2, -0.15) is 0 Å². The fourth-order valence-electron chi connectivity index (χ4n) is 1.51. The van der Waals surface area contributed by atoms with Crippen LogP contribution in [0.4, 0.5) is 5.13 Å². The average molecular weight is 377 g/mol. The lowest BCUT2D eigenvalue weighted by Gasteiger charge is -2.06. The average Bonchev–Trinajstić information content (AvgIpc) is 2.81. The van der Waals surface area contributed by atoms with Crippen LogP contribution in [0.2, 0.25) is 0 Å². The van der Waals surface area contributed by atoms with Crippen LogP contribution in [-0.4, -0.2) is 25.2 Å². The van der Waals surface area contributed by atoms with Gasteiger partial charge in [-0.1, -0.05) is 27.3 Å². The van der Waals surface area contributed by atoms with Gasteiger partial charge in [0.05, 0.1) is 4.90 Å². The first kappa shape index (κ1) is 15.4. The van der Waals surface area contributed by atoms with E-state index in [4.69, 9.17) is 5.73 Å². The van der Waals surface area contributed by atoms with Crippen LogP contribution in [0, 0.1) is 0 Å². The van der Waals surface area contributed by atoms with E-state index in [-0.39, 0.29) is 4.90 Å². The molecule has 2 aromatic rings. The molecule has 0 aliphatic rings. The number of hydrogen-bond donors (Lipinski definition) is 2. The maximum atomic E-state index is 12.0. The Kier molecular flexibility index (Phi) is 5.08. The number of hydrogen-bond acceptors (Lipinski definition) is 6. The van der Waals surface area contributed by atoms with Gasteiger partial charge < -0.3 is 5.73 Å². The first-order chi connectivity index (χ1) is 9.47. The number of sulfonamides is 1. The molecule has 1 aromatic heterocycles. The highest BCUT2D eigenvalue weighted by Crippen LogP contribution is 2.15. The van der Waals surface area contributed by atoms with Crippen LogP contribution in [0.15, 0.2) is 33.6 Å². The van der Waals surface area contributed by atoms with Crippen molar-refractivity contribution < 1.29 is 8.42 Å². The summed E-state index contributed by atoms with van der Waals surface area (Å²) in [6.07, 6.45) is 1.29. The summed E-state index contributed by atoms with van der Waals surface area (Å²) in [5.74, 6) is 0. The molecule has 20 heavy (non-hydrogen) atoms. The molecule has 9 heteroatoms. The van der Waals surface area contributed by atoms with Crippen LogP contribution in [0.1, 0.15) is 11.4 Å². The molecule has 0 fully saturated rings. The first-order valence-electron chi connectivity index (χ1n) is 5.80. The van der Waals surface area contributed by atoms with Crippen molar-refractivity contribution in [3.8, 4) is 0 Å². The minimum absolute atomic E-state index is 0.251. The third-order valence-electron chi connectivity index (χ3n) is 2.47. The lowest BCUT2D eigenvalue weighted by molar-refractivity contribution is 0.579. The molecule has 0 aliphatic heterocycles. The molecule has 1 heterocycles. The van der Waals surface area contributed by atoms with Crippen molar-refractivity contribution in [1.82, 2.24) is 14.9 Å². The quantitative estimate of drug-likeness (QED) is 0.748. The van der Waals surface area contributed by atoms with Crippen molar-refractivity contribution in [2.24, 2.45) is 0 Å². The Bertz CT molecular complexity index is 670. The second-order valence-corrected chi connectivity index (χ2v) is 7.77. The van der Waals surface area contributed by atoms with Gasteiger partial charge in [-0.05, 0) is 30.7 Å². The summed E-state index contributed by atoms with van der Waals surface area (Å²) in [5, 5.41) is 8.82. The zero-order valence-corrected chi connectivity index (χ0v) is 13.6. The fourth-order valence-corrected chi connectivity index (χ4v) is 3.50. The van der Waals surface area contributed by atoms with Crippen molar-refractivity contribution >= 4 is 42.4 Å². The lowest BCUT2D eigenvalue weighted by Crippen LogP contribution is -2.25. The molecule has 0 amide bonds. The Balaban J connectivity index is 1.85. The van der Waals surface area contributed by atoms with Gasteiger partial charge in [-0.15, -0.1) is 10.2 Å². The Hall–Kier alpha value is -1.03. The van der Waals surface area contributed by atoms with E-state index in [1.54, 1.807) is 24.3 Å². The Morgan fingerprint density at radius 3 is 2.55 bits per heavy atom. The Morgan fingerprint density at radius 1 is 1.25 bits per heavy atom. The summed E-state index contributed by atoms with van der Waals surface area (Å²) in [5.41, 5.74) is 5.47. The predicted octanol–water partition coefficient (Wildman–Crippen LogP) is 1.79. The molecule has 1 aromatic carbocycles. The number of nitrogen functional groups attached to an aromatic ring is 1. The first-order valence-corrected chi connectivity index (χ1v) is 8.90. The van der Waals surface area contributed by atoms with E-state index in [0.29, 0.717) is 24.5 Å². The maximum Gasteiger partial charge on any atom is 0.240 e. The molecule has 108 valence electrons. The number of halogens is 1. The lowest BCUT2D eigenvalue weighted by atomic mass is 10.3. The number of aromatic nitrogens is 2. The van der Waals surface area contributed by atoms with Crippen LogP contribution < -0.4 is 10.5 Å². The molecule has 0 atom stereocenters. The molecule has 0 aliphatic carbocycles. The van der Waals surface area contributed by atoms with E-state index in [0.717, 1.165) is 9.48 Å². The second-order valence-electron chi connectivity index (χ2n) is 3.99. The number of anilines is 1. The summed E-state index contributed by atoms with van der Waals surface area (Å²) >= 11 is 4.58. The smallest absolute Gasteiger partial charge is 0.240 e. The fraction of sp³-hybridized carbons (Fsp3) is 0.273. The van der Waals surface area contributed by atoms with Crippen molar-refractivity contribution in [1.29, 1.82) is 0 Å². The molecule has 2 rings (SSSR count). The van der Waals surface area contributed by atoms with Gasteiger partial charge in [-0.3, -0.25) is 0 Å². The monoisotopic (exact) mass is 376 g/mol. The molecule has 0 spiro atoms. The van der Waals surface area contributed by atoms with E-state index in [2.05, 4.69) is 30.8 Å². The minimum atomic E-state index is -3.45. The predicted molar refractivity (Wildman–Crippen MR) is 82.0 cm³/mol. The summed E-state index contributed by atoms with van der Waals surface area (Å²) in [6, 6.07) is 6.49. The van der Waals surface area contributed by atoms with Gasteiger partial charge in [0.1, 0.15) is 5.01 Å². The standard InChI is InChI=1S/C11H13BrN4O2S2/c12-8-3-5-9(6-4-8)20(17,18)14-7-1-2-10-15-16-11(13)19-10/h3-6,14H,1-2,7H2,(H2,13,16). The number of rotatable bonds is 6. The summed E-state index contributed by atoms with van der Waals surface area (Å²) in [4.78, 5) is 0.251. The molecule has 0 saturated heterocycles. The largest absolute Gasteiger partial charge is 0.374 e. The third kappa shape index (κ3) is 4.23. The third-order valence-corrected chi connectivity index (χ3v) is 5.28. The van der Waals surface area contributed by atoms with Gasteiger partial charge in [-0.25, -0.2) is 13.1 Å². The van der Waals surface area contributed by atoms with Crippen LogP contribution in [0.3, 0.4) is 0 Å². The van der Waals surface area contributed by atoms with Crippen molar-refractivity contribution in [2.45, 2.75) is 17.7 Å². The van der Waals surface area contributed by atoms with Gasteiger partial charge in [0, 0.05) is 17.4 Å². The zero-order valence-electron chi connectivity index (χ0n) is 10.4. The topological polar surface area (TPSA) is 98.0 Å². The van der Waals surface area contributed by atoms with Crippen molar-refractivity contribution in [3.63, 3.8) is 0 Å². The van der Waals surface area contributed by atoms with Crippen LogP contribution >= 0.6 is 27.3 Å². The summed E-state index contributed by atoms with van der Waals surface area (Å²) in [6.45, 7) is 0.345. The molecular formula is C11H13BrN4O2S2. The molecule has 0 unspecified atom stereocenters. The van der Waals surface area contributed by atoms with E-state index in [1.165, 1.54) is 11.3 Å². The Morgan fingerprint density at radius 2 is 1.95 bits per heavy atom. The normalized spacial score (nSPS) is 11.7. The van der Waals surface area contributed by atoms with Gasteiger partial charge >= 0.3 is 0 Å². The molecule has 0 bridgehead atoms. The number of benzene rings is 1. The van der Waals surface area contributed by atoms with E-state index < -0.39 is 10.0 Å². The number of aryl methyl sites for hydroxylation is 1. The molecule has 6 nitrogen and oxygen atoms in total. The van der Waals surface area contributed by atoms with Gasteiger partial charge in [0.25, 0.3) is 0 Å². The van der Waals surface area contributed by atoms with E-state index >= 15 is 0 Å². The van der Waals surface area contributed by atoms with Crippen LogP contribution in [0.25, 0.3) is 0 Å². The number of nitrogens with two attached hydrogens (primary N) is 1. The summed E-state index contributed by atoms with van der Waals surface area (Å²) in [7, 11) is -3.45. The Labute approximate surface area is 129 Å². The van der Waals surface area contributed by atoms with Crippen molar-refractivity contribution in [3.05, 3.63) is 33.7 Å². The van der Waals surface area contributed by atoms with Crippen LogP contribution in [-0.2, 0) is 16.4 Å². The van der Waals surface area contributed by atoms with E-state index in [1.807, 2.05) is 0 Å². The molecule has 3 N–H and O–H groups in total. The highest BCUT2D eigenvalue weighted by molar-refractivity contribution is 9.10. The number of nitrogens with zero attached hydrogens (tertiary/aromatic N) is 2. The summed E-state index contributed by atoms with van der Waals surface area (Å²) < 4.78 is 27.4. The highest BCUT2D eigenvalue weighted by Gasteiger charge is 2.12.